The fourth-order valence-electron chi connectivity index (χ4n) is 1.35. The zero-order chi connectivity index (χ0) is 13.2. The zero-order valence-corrected chi connectivity index (χ0v) is 10.3. The van der Waals surface area contributed by atoms with Crippen LogP contribution < -0.4 is 0 Å². The molecule has 2 aromatic rings. The highest BCUT2D eigenvalue weighted by Gasteiger charge is 2.19. The van der Waals surface area contributed by atoms with Gasteiger partial charge in [0, 0.05) is 6.20 Å². The number of carbonyl (C=O) groups excluding carboxylic acids is 1. The fourth-order valence-corrected chi connectivity index (χ4v) is 2.49. The largest absolute Gasteiger partial charge is 0.464 e. The first-order valence-electron chi connectivity index (χ1n) is 5.00. The maximum absolute atomic E-state index is 12.1. The molecule has 0 amide bonds. The van der Waals surface area contributed by atoms with Gasteiger partial charge in [0.15, 0.2) is 5.69 Å². The first kappa shape index (κ1) is 12.3. The third-order valence-corrected chi connectivity index (χ3v) is 3.81. The van der Waals surface area contributed by atoms with Gasteiger partial charge in [0.2, 0.25) is 0 Å². The highest BCUT2D eigenvalue weighted by molar-refractivity contribution is 7.89. The van der Waals surface area contributed by atoms with Gasteiger partial charge in [-0.1, -0.05) is 18.2 Å². The molecule has 0 saturated carbocycles. The van der Waals surface area contributed by atoms with E-state index in [4.69, 9.17) is 0 Å². The second-order valence-corrected chi connectivity index (χ2v) is 5.18. The first-order chi connectivity index (χ1) is 8.55. The molecular formula is C11H10N2O4S. The number of carbonyl (C=O) groups is 1. The van der Waals surface area contributed by atoms with Crippen molar-refractivity contribution in [3.05, 3.63) is 48.3 Å². The minimum absolute atomic E-state index is 0.0583. The van der Waals surface area contributed by atoms with Gasteiger partial charge in [0.1, 0.15) is 0 Å². The van der Waals surface area contributed by atoms with E-state index in [2.05, 4.69) is 9.84 Å². The molecule has 0 N–H and O–H groups in total. The first-order valence-corrected chi connectivity index (χ1v) is 6.44. The number of ether oxygens (including phenoxy) is 1. The highest BCUT2D eigenvalue weighted by atomic mass is 32.2. The van der Waals surface area contributed by atoms with Crippen LogP contribution in [0.2, 0.25) is 0 Å². The number of esters is 1. The molecular weight excluding hydrogens is 256 g/mol. The lowest BCUT2D eigenvalue weighted by Gasteiger charge is -2.03. The molecule has 1 aromatic carbocycles. The predicted octanol–water partition coefficient (Wildman–Crippen LogP) is 0.907. The SMILES string of the molecule is COC(=O)c1ccn(S(=O)(=O)c2ccccc2)n1. The Kier molecular flexibility index (Phi) is 3.15. The molecule has 0 fully saturated rings. The van der Waals surface area contributed by atoms with Crippen LogP contribution in [0, 0.1) is 0 Å². The van der Waals surface area contributed by atoms with Gasteiger partial charge in [-0.2, -0.15) is 17.6 Å². The quantitative estimate of drug-likeness (QED) is 0.771. The second kappa shape index (κ2) is 4.61. The summed E-state index contributed by atoms with van der Waals surface area (Å²) >= 11 is 0. The van der Waals surface area contributed by atoms with Gasteiger partial charge >= 0.3 is 5.97 Å². The minimum Gasteiger partial charge on any atom is -0.464 e. The molecule has 7 heteroatoms. The molecule has 2 rings (SSSR count). The summed E-state index contributed by atoms with van der Waals surface area (Å²) in [6.45, 7) is 0. The summed E-state index contributed by atoms with van der Waals surface area (Å²) in [6, 6.07) is 9.12. The molecule has 0 spiro atoms. The molecule has 1 heterocycles. The molecule has 0 bridgehead atoms. The summed E-state index contributed by atoms with van der Waals surface area (Å²) in [6.07, 6.45) is 1.20. The average molecular weight is 266 g/mol. The smallest absolute Gasteiger partial charge is 0.358 e. The standard InChI is InChI=1S/C11H10N2O4S/c1-17-11(14)10-7-8-13(12-10)18(15,16)9-5-3-2-4-6-9/h2-8H,1H3. The van der Waals surface area contributed by atoms with E-state index < -0.39 is 16.0 Å². The monoisotopic (exact) mass is 266 g/mol. The van der Waals surface area contributed by atoms with Crippen molar-refractivity contribution < 1.29 is 17.9 Å². The fraction of sp³-hybridized carbons (Fsp3) is 0.0909. The number of rotatable bonds is 3. The molecule has 0 atom stereocenters. The summed E-state index contributed by atoms with van der Waals surface area (Å²) in [5.41, 5.74) is -0.0583. The highest BCUT2D eigenvalue weighted by Crippen LogP contribution is 2.12. The Bertz CT molecular complexity index is 661. The number of hydrogen-bond donors (Lipinski definition) is 0. The van der Waals surface area contributed by atoms with Crippen LogP contribution in [-0.4, -0.2) is 30.7 Å². The van der Waals surface area contributed by atoms with Crippen LogP contribution in [0.25, 0.3) is 0 Å². The van der Waals surface area contributed by atoms with Crippen LogP contribution in [0.3, 0.4) is 0 Å². The van der Waals surface area contributed by atoms with E-state index in [1.807, 2.05) is 0 Å². The van der Waals surface area contributed by atoms with Gasteiger partial charge in [0.05, 0.1) is 12.0 Å². The number of hydrogen-bond acceptors (Lipinski definition) is 5. The van der Waals surface area contributed by atoms with Crippen molar-refractivity contribution in [2.45, 2.75) is 4.90 Å². The molecule has 94 valence electrons. The molecule has 6 nitrogen and oxygen atoms in total. The van der Waals surface area contributed by atoms with Gasteiger partial charge in [-0.3, -0.25) is 0 Å². The van der Waals surface area contributed by atoms with E-state index in [0.29, 0.717) is 0 Å². The van der Waals surface area contributed by atoms with E-state index >= 15 is 0 Å². The Morgan fingerprint density at radius 1 is 1.22 bits per heavy atom. The number of aromatic nitrogens is 2. The van der Waals surface area contributed by atoms with Crippen LogP contribution in [0.5, 0.6) is 0 Å². The third-order valence-electron chi connectivity index (χ3n) is 2.25. The Hall–Kier alpha value is -2.15. The van der Waals surface area contributed by atoms with E-state index in [-0.39, 0.29) is 10.6 Å². The lowest BCUT2D eigenvalue weighted by Crippen LogP contribution is -2.14. The van der Waals surface area contributed by atoms with Crippen LogP contribution >= 0.6 is 0 Å². The summed E-state index contributed by atoms with van der Waals surface area (Å²) in [7, 11) is -2.56. The van der Waals surface area contributed by atoms with Crippen LogP contribution in [0.4, 0.5) is 0 Å². The second-order valence-electron chi connectivity index (χ2n) is 3.38. The van der Waals surface area contributed by atoms with Crippen molar-refractivity contribution in [2.24, 2.45) is 0 Å². The summed E-state index contributed by atoms with van der Waals surface area (Å²) < 4.78 is 29.4. The summed E-state index contributed by atoms with van der Waals surface area (Å²) in [5, 5.41) is 3.68. The van der Waals surface area contributed by atoms with Crippen molar-refractivity contribution >= 4 is 16.0 Å². The Morgan fingerprint density at radius 3 is 2.50 bits per heavy atom. The minimum atomic E-state index is -3.76. The Morgan fingerprint density at radius 2 is 1.89 bits per heavy atom. The third kappa shape index (κ3) is 2.12. The van der Waals surface area contributed by atoms with E-state index in [0.717, 1.165) is 4.09 Å². The molecule has 1 aromatic heterocycles. The lowest BCUT2D eigenvalue weighted by atomic mass is 10.4. The van der Waals surface area contributed by atoms with Crippen molar-refractivity contribution in [3.63, 3.8) is 0 Å². The topological polar surface area (TPSA) is 78.3 Å². The summed E-state index contributed by atoms with van der Waals surface area (Å²) in [4.78, 5) is 11.3. The van der Waals surface area contributed by atoms with Crippen LogP contribution in [0.1, 0.15) is 10.5 Å². The maximum Gasteiger partial charge on any atom is 0.358 e. The molecule has 0 saturated heterocycles. The average Bonchev–Trinajstić information content (AvgIpc) is 2.89. The Balaban J connectivity index is 2.43. The lowest BCUT2D eigenvalue weighted by molar-refractivity contribution is 0.0594. The van der Waals surface area contributed by atoms with Gasteiger partial charge in [-0.05, 0) is 18.2 Å². The molecule has 0 radical (unpaired) electrons. The van der Waals surface area contributed by atoms with E-state index in [1.165, 1.54) is 31.5 Å². The van der Waals surface area contributed by atoms with Gasteiger partial charge in [-0.25, -0.2) is 4.79 Å². The van der Waals surface area contributed by atoms with Crippen molar-refractivity contribution in [2.75, 3.05) is 7.11 Å². The maximum atomic E-state index is 12.1. The van der Waals surface area contributed by atoms with Crippen LogP contribution in [0.15, 0.2) is 47.5 Å². The molecule has 18 heavy (non-hydrogen) atoms. The predicted molar refractivity (Wildman–Crippen MR) is 62.6 cm³/mol. The van der Waals surface area contributed by atoms with Crippen molar-refractivity contribution in [1.29, 1.82) is 0 Å². The van der Waals surface area contributed by atoms with E-state index in [1.54, 1.807) is 18.2 Å². The Labute approximate surface area is 104 Å². The van der Waals surface area contributed by atoms with Crippen molar-refractivity contribution in [3.8, 4) is 0 Å². The van der Waals surface area contributed by atoms with Gasteiger partial charge < -0.3 is 4.74 Å². The molecule has 0 aliphatic carbocycles. The number of methoxy groups -OCH3 is 1. The van der Waals surface area contributed by atoms with Gasteiger partial charge in [0.25, 0.3) is 10.0 Å². The van der Waals surface area contributed by atoms with Crippen LogP contribution in [-0.2, 0) is 14.8 Å². The van der Waals surface area contributed by atoms with Crippen molar-refractivity contribution in [1.82, 2.24) is 9.19 Å². The number of nitrogens with zero attached hydrogens (tertiary/aromatic N) is 2. The summed E-state index contributed by atoms with van der Waals surface area (Å²) in [5.74, 6) is -0.683. The molecule has 0 aliphatic rings. The molecule has 0 unspecified atom stereocenters. The number of benzene rings is 1. The zero-order valence-electron chi connectivity index (χ0n) is 9.48. The van der Waals surface area contributed by atoms with Gasteiger partial charge in [-0.15, -0.1) is 0 Å². The molecule has 0 aliphatic heterocycles. The van der Waals surface area contributed by atoms with E-state index in [9.17, 15) is 13.2 Å². The normalized spacial score (nSPS) is 11.2.